The van der Waals surface area contributed by atoms with Crippen LogP contribution in [0.15, 0.2) is 91.3 Å². The van der Waals surface area contributed by atoms with E-state index in [1.54, 1.807) is 60.9 Å². The maximum atomic E-state index is 13.1. The Morgan fingerprint density at radius 2 is 1.82 bits per heavy atom. The molecule has 1 aliphatic rings. The Morgan fingerprint density at radius 3 is 2.45 bits per heavy atom. The number of hydrogen-bond donors (Lipinski definition) is 2. The molecule has 7 nitrogen and oxygen atoms in total. The van der Waals surface area contributed by atoms with Gasteiger partial charge in [-0.25, -0.2) is 0 Å². The Kier molecular flexibility index (Phi) is 6.22. The number of aromatic nitrogens is 1. The highest BCUT2D eigenvalue weighted by atomic mass is 16.5. The Morgan fingerprint density at radius 1 is 1.09 bits per heavy atom. The second kappa shape index (κ2) is 9.40. The molecule has 0 unspecified atom stereocenters. The summed E-state index contributed by atoms with van der Waals surface area (Å²) < 4.78 is 5.46. The highest BCUT2D eigenvalue weighted by Gasteiger charge is 2.46. The maximum absolute atomic E-state index is 13.1. The number of ether oxygens (including phenoxy) is 1. The van der Waals surface area contributed by atoms with Crippen LogP contribution in [0, 0.1) is 0 Å². The van der Waals surface area contributed by atoms with E-state index in [1.807, 2.05) is 6.07 Å². The molecule has 0 radical (unpaired) electrons. The van der Waals surface area contributed by atoms with Crippen molar-refractivity contribution in [2.75, 3.05) is 6.61 Å². The number of pyridine rings is 1. The minimum Gasteiger partial charge on any atom is -0.508 e. The average molecular weight is 442 g/mol. The first-order valence-electron chi connectivity index (χ1n) is 10.3. The molecule has 0 spiro atoms. The summed E-state index contributed by atoms with van der Waals surface area (Å²) in [6.45, 7) is 4.08. The number of carbonyl (C=O) groups excluding carboxylic acids is 2. The fraction of sp³-hybridized carbons (Fsp3) is 0.115. The summed E-state index contributed by atoms with van der Waals surface area (Å²) in [7, 11) is 0. The normalized spacial score (nSPS) is 17.2. The molecule has 2 aromatic carbocycles. The number of amides is 1. The van der Waals surface area contributed by atoms with Gasteiger partial charge in [-0.3, -0.25) is 14.6 Å². The van der Waals surface area contributed by atoms with Crippen molar-refractivity contribution in [2.45, 2.75) is 12.6 Å². The summed E-state index contributed by atoms with van der Waals surface area (Å²) in [5.74, 6) is -1.14. The van der Waals surface area contributed by atoms with E-state index in [0.717, 1.165) is 5.56 Å². The molecule has 1 atom stereocenters. The van der Waals surface area contributed by atoms with Gasteiger partial charge in [0.15, 0.2) is 0 Å². The van der Waals surface area contributed by atoms with Crippen LogP contribution in [-0.4, -0.2) is 38.4 Å². The van der Waals surface area contributed by atoms with E-state index < -0.39 is 17.7 Å². The lowest BCUT2D eigenvalue weighted by molar-refractivity contribution is -0.140. The lowest BCUT2D eigenvalue weighted by Gasteiger charge is -2.25. The van der Waals surface area contributed by atoms with Crippen LogP contribution in [0.4, 0.5) is 0 Å². The van der Waals surface area contributed by atoms with Crippen LogP contribution < -0.4 is 4.74 Å². The lowest BCUT2D eigenvalue weighted by atomic mass is 9.95. The highest BCUT2D eigenvalue weighted by Crippen LogP contribution is 2.40. The summed E-state index contributed by atoms with van der Waals surface area (Å²) in [5.41, 5.74) is 1.69. The van der Waals surface area contributed by atoms with Gasteiger partial charge < -0.3 is 19.8 Å². The number of rotatable bonds is 7. The van der Waals surface area contributed by atoms with Gasteiger partial charge in [0.25, 0.3) is 11.7 Å². The molecule has 166 valence electrons. The van der Waals surface area contributed by atoms with Crippen molar-refractivity contribution in [3.05, 3.63) is 108 Å². The summed E-state index contributed by atoms with van der Waals surface area (Å²) >= 11 is 0. The smallest absolute Gasteiger partial charge is 0.295 e. The third-order valence-electron chi connectivity index (χ3n) is 5.32. The molecule has 0 saturated carbocycles. The largest absolute Gasteiger partial charge is 0.508 e. The molecule has 4 rings (SSSR count). The number of aliphatic hydroxyl groups excluding tert-OH is 1. The van der Waals surface area contributed by atoms with E-state index in [-0.39, 0.29) is 23.6 Å². The molecule has 33 heavy (non-hydrogen) atoms. The number of likely N-dealkylation sites (tertiary alicyclic amines) is 1. The van der Waals surface area contributed by atoms with Crippen LogP contribution in [0.1, 0.15) is 22.7 Å². The van der Waals surface area contributed by atoms with Crippen LogP contribution in [-0.2, 0) is 16.1 Å². The summed E-state index contributed by atoms with van der Waals surface area (Å²) in [6, 6.07) is 15.5. The zero-order valence-corrected chi connectivity index (χ0v) is 17.7. The Bertz CT molecular complexity index is 1200. The predicted molar refractivity (Wildman–Crippen MR) is 122 cm³/mol. The van der Waals surface area contributed by atoms with Gasteiger partial charge in [0.1, 0.15) is 23.9 Å². The van der Waals surface area contributed by atoms with Crippen LogP contribution in [0.3, 0.4) is 0 Å². The molecule has 2 heterocycles. The molecule has 0 bridgehead atoms. The Hall–Kier alpha value is -4.39. The minimum atomic E-state index is -0.831. The van der Waals surface area contributed by atoms with Crippen molar-refractivity contribution in [2.24, 2.45) is 0 Å². The number of Topliss-reactive ketones (excluding diaryl/α,β-unsaturated/α-hetero) is 1. The zero-order chi connectivity index (χ0) is 23.4. The quantitative estimate of drug-likeness (QED) is 0.249. The molecular formula is C26H22N2O5. The number of nitrogens with zero attached hydrogens (tertiary/aromatic N) is 2. The third-order valence-corrected chi connectivity index (χ3v) is 5.32. The number of phenolic OH excluding ortho intramolecular Hbond substituents is 1. The van der Waals surface area contributed by atoms with Gasteiger partial charge in [0.05, 0.1) is 11.6 Å². The number of phenols is 1. The maximum Gasteiger partial charge on any atom is 0.295 e. The van der Waals surface area contributed by atoms with E-state index in [4.69, 9.17) is 4.74 Å². The molecule has 7 heteroatoms. The van der Waals surface area contributed by atoms with E-state index in [2.05, 4.69) is 11.6 Å². The molecule has 1 aliphatic heterocycles. The Labute approximate surface area is 190 Å². The number of hydrogen-bond acceptors (Lipinski definition) is 6. The standard InChI is InChI=1S/C26H22N2O5/c1-2-14-33-21-11-7-19(8-12-21)24(30)22-23(18-5-9-20(29)10-6-18)28(26(32)25(22)31)16-17-4-3-13-27-15-17/h2-13,15,23,29-30H,1,14,16H2/t23-/m1/s1. The summed E-state index contributed by atoms with van der Waals surface area (Å²) in [5, 5.41) is 20.8. The van der Waals surface area contributed by atoms with Crippen molar-refractivity contribution in [3.63, 3.8) is 0 Å². The topological polar surface area (TPSA) is 100.0 Å². The number of aromatic hydroxyl groups is 1. The number of aliphatic hydroxyl groups is 1. The fourth-order valence-corrected chi connectivity index (χ4v) is 3.75. The SMILES string of the molecule is C=CCOc1ccc(C(O)=C2C(=O)C(=O)N(Cc3cccnc3)[C@@H]2c2ccc(O)cc2)cc1. The first-order chi connectivity index (χ1) is 16.0. The molecule has 1 aromatic heterocycles. The highest BCUT2D eigenvalue weighted by molar-refractivity contribution is 6.46. The monoisotopic (exact) mass is 442 g/mol. The van der Waals surface area contributed by atoms with Crippen molar-refractivity contribution < 1.29 is 24.5 Å². The zero-order valence-electron chi connectivity index (χ0n) is 17.7. The van der Waals surface area contributed by atoms with E-state index >= 15 is 0 Å². The molecule has 0 aliphatic carbocycles. The van der Waals surface area contributed by atoms with Crippen molar-refractivity contribution in [1.29, 1.82) is 0 Å². The first kappa shape index (κ1) is 21.8. The van der Waals surface area contributed by atoms with Gasteiger partial charge >= 0.3 is 0 Å². The van der Waals surface area contributed by atoms with Crippen molar-refractivity contribution in [1.82, 2.24) is 9.88 Å². The first-order valence-corrected chi connectivity index (χ1v) is 10.3. The lowest BCUT2D eigenvalue weighted by Crippen LogP contribution is -2.29. The molecule has 3 aromatic rings. The third kappa shape index (κ3) is 4.48. The van der Waals surface area contributed by atoms with Gasteiger partial charge in [0, 0.05) is 24.5 Å². The van der Waals surface area contributed by atoms with Crippen LogP contribution >= 0.6 is 0 Å². The van der Waals surface area contributed by atoms with E-state index in [9.17, 15) is 19.8 Å². The predicted octanol–water partition coefficient (Wildman–Crippen LogP) is 3.97. The van der Waals surface area contributed by atoms with Gasteiger partial charge in [-0.1, -0.05) is 30.9 Å². The second-order valence-electron chi connectivity index (χ2n) is 7.50. The second-order valence-corrected chi connectivity index (χ2v) is 7.50. The Balaban J connectivity index is 1.78. The van der Waals surface area contributed by atoms with Gasteiger partial charge in [-0.15, -0.1) is 0 Å². The number of benzene rings is 2. The average Bonchev–Trinajstić information content (AvgIpc) is 3.08. The molecule has 2 N–H and O–H groups in total. The van der Waals surface area contributed by atoms with Crippen LogP contribution in [0.2, 0.25) is 0 Å². The van der Waals surface area contributed by atoms with Crippen LogP contribution in [0.5, 0.6) is 11.5 Å². The van der Waals surface area contributed by atoms with Gasteiger partial charge in [0.2, 0.25) is 0 Å². The summed E-state index contributed by atoms with van der Waals surface area (Å²) in [6.07, 6.45) is 4.86. The van der Waals surface area contributed by atoms with E-state index in [1.165, 1.54) is 17.0 Å². The minimum absolute atomic E-state index is 0.0191. The number of carbonyl (C=O) groups is 2. The summed E-state index contributed by atoms with van der Waals surface area (Å²) in [4.78, 5) is 31.6. The van der Waals surface area contributed by atoms with Gasteiger partial charge in [-0.2, -0.15) is 0 Å². The van der Waals surface area contributed by atoms with Gasteiger partial charge in [-0.05, 0) is 53.6 Å². The van der Waals surface area contributed by atoms with Crippen molar-refractivity contribution in [3.8, 4) is 11.5 Å². The fourth-order valence-electron chi connectivity index (χ4n) is 3.75. The molecule has 1 amide bonds. The molecule has 1 saturated heterocycles. The molecular weight excluding hydrogens is 420 g/mol. The number of ketones is 1. The molecule has 1 fully saturated rings. The van der Waals surface area contributed by atoms with Crippen molar-refractivity contribution >= 4 is 17.4 Å². The van der Waals surface area contributed by atoms with E-state index in [0.29, 0.717) is 23.5 Å². The van der Waals surface area contributed by atoms with Crippen LogP contribution in [0.25, 0.3) is 5.76 Å².